The monoisotopic (exact) mass is 345 g/mol. The van der Waals surface area contributed by atoms with Gasteiger partial charge < -0.3 is 4.74 Å². The molecule has 0 radical (unpaired) electrons. The highest BCUT2D eigenvalue weighted by molar-refractivity contribution is 9.10. The van der Waals surface area contributed by atoms with Gasteiger partial charge in [0.1, 0.15) is 0 Å². The third kappa shape index (κ3) is 2.59. The first kappa shape index (κ1) is 13.5. The van der Waals surface area contributed by atoms with Crippen LogP contribution in [0.5, 0.6) is 0 Å². The van der Waals surface area contributed by atoms with Gasteiger partial charge in [0.2, 0.25) is 10.0 Å². The Labute approximate surface area is 121 Å². The summed E-state index contributed by atoms with van der Waals surface area (Å²) in [6.07, 6.45) is 3.07. The van der Waals surface area contributed by atoms with Crippen LogP contribution in [0.2, 0.25) is 0 Å². The number of rotatable bonds is 3. The Hall–Kier alpha value is -0.430. The van der Waals surface area contributed by atoms with Gasteiger partial charge in [-0.3, -0.25) is 0 Å². The van der Waals surface area contributed by atoms with Crippen molar-refractivity contribution in [3.05, 3.63) is 28.2 Å². The van der Waals surface area contributed by atoms with Crippen LogP contribution in [0.1, 0.15) is 24.8 Å². The average Bonchev–Trinajstić information content (AvgIpc) is 2.93. The molecule has 2 fully saturated rings. The van der Waals surface area contributed by atoms with Crippen LogP contribution in [0.15, 0.2) is 27.6 Å². The number of nitrogens with one attached hydrogen (secondary N) is 1. The summed E-state index contributed by atoms with van der Waals surface area (Å²) in [5, 5.41) is 0. The molecule has 0 aliphatic carbocycles. The van der Waals surface area contributed by atoms with Crippen molar-refractivity contribution in [1.29, 1.82) is 0 Å². The SMILES string of the molecule is Cc1ccc(Br)c(S(=O)(=O)NC2CC3CCC2O3)c1. The highest BCUT2D eigenvalue weighted by atomic mass is 79.9. The average molecular weight is 346 g/mol. The van der Waals surface area contributed by atoms with Crippen molar-refractivity contribution in [3.63, 3.8) is 0 Å². The van der Waals surface area contributed by atoms with Crippen LogP contribution in [0, 0.1) is 6.92 Å². The van der Waals surface area contributed by atoms with Gasteiger partial charge >= 0.3 is 0 Å². The molecule has 2 bridgehead atoms. The minimum absolute atomic E-state index is 0.0448. The van der Waals surface area contributed by atoms with Crippen LogP contribution >= 0.6 is 15.9 Å². The maximum atomic E-state index is 12.4. The predicted molar refractivity (Wildman–Crippen MR) is 75.5 cm³/mol. The summed E-state index contributed by atoms with van der Waals surface area (Å²) in [7, 11) is -3.50. The molecule has 2 aliphatic rings. The number of hydrogen-bond acceptors (Lipinski definition) is 3. The molecule has 3 rings (SSSR count). The molecule has 6 heteroatoms. The molecule has 2 heterocycles. The summed E-state index contributed by atoms with van der Waals surface area (Å²) in [4.78, 5) is 0.301. The summed E-state index contributed by atoms with van der Waals surface area (Å²) >= 11 is 3.31. The Balaban J connectivity index is 1.85. The minimum Gasteiger partial charge on any atom is -0.373 e. The van der Waals surface area contributed by atoms with Crippen molar-refractivity contribution in [1.82, 2.24) is 4.72 Å². The second-order valence-electron chi connectivity index (χ2n) is 5.27. The molecule has 2 aliphatic heterocycles. The summed E-state index contributed by atoms with van der Waals surface area (Å²) in [6.45, 7) is 1.88. The zero-order valence-electron chi connectivity index (χ0n) is 10.6. The number of halogens is 1. The number of benzene rings is 1. The van der Waals surface area contributed by atoms with Crippen LogP contribution < -0.4 is 4.72 Å². The van der Waals surface area contributed by atoms with E-state index < -0.39 is 10.0 Å². The van der Waals surface area contributed by atoms with Gasteiger partial charge in [0.05, 0.1) is 23.1 Å². The zero-order valence-corrected chi connectivity index (χ0v) is 13.0. The number of aryl methyl sites for hydroxylation is 1. The second kappa shape index (κ2) is 4.84. The summed E-state index contributed by atoms with van der Waals surface area (Å²) < 4.78 is 33.9. The highest BCUT2D eigenvalue weighted by Crippen LogP contribution is 2.35. The van der Waals surface area contributed by atoms with Crippen LogP contribution in [0.4, 0.5) is 0 Å². The molecule has 3 atom stereocenters. The number of sulfonamides is 1. The summed E-state index contributed by atoms with van der Waals surface area (Å²) in [6, 6.07) is 5.24. The van der Waals surface area contributed by atoms with E-state index in [1.165, 1.54) is 0 Å². The van der Waals surface area contributed by atoms with Gasteiger partial charge in [-0.2, -0.15) is 0 Å². The van der Waals surface area contributed by atoms with Crippen LogP contribution in [-0.4, -0.2) is 26.7 Å². The van der Waals surface area contributed by atoms with Gasteiger partial charge in [-0.05, 0) is 59.8 Å². The Morgan fingerprint density at radius 3 is 2.79 bits per heavy atom. The molecule has 3 unspecified atom stereocenters. The smallest absolute Gasteiger partial charge is 0.242 e. The molecule has 1 aromatic rings. The molecule has 1 N–H and O–H groups in total. The Morgan fingerprint density at radius 2 is 2.16 bits per heavy atom. The van der Waals surface area contributed by atoms with E-state index in [4.69, 9.17) is 4.74 Å². The van der Waals surface area contributed by atoms with Gasteiger partial charge in [0.15, 0.2) is 0 Å². The molecule has 0 amide bonds. The number of fused-ring (bicyclic) bond motifs is 2. The van der Waals surface area contributed by atoms with Crippen LogP contribution in [0.3, 0.4) is 0 Å². The molecule has 0 aromatic heterocycles. The normalized spacial score (nSPS) is 29.9. The third-order valence-electron chi connectivity index (χ3n) is 3.79. The first-order chi connectivity index (χ1) is 8.95. The van der Waals surface area contributed by atoms with E-state index in [-0.39, 0.29) is 18.2 Å². The highest BCUT2D eigenvalue weighted by Gasteiger charge is 2.42. The molecular weight excluding hydrogens is 330 g/mol. The van der Waals surface area contributed by atoms with E-state index in [0.717, 1.165) is 24.8 Å². The van der Waals surface area contributed by atoms with E-state index >= 15 is 0 Å². The molecular formula is C13H16BrNO3S. The molecule has 104 valence electrons. The predicted octanol–water partition coefficient (Wildman–Crippen LogP) is 2.36. The Bertz CT molecular complexity index is 602. The van der Waals surface area contributed by atoms with Crippen molar-refractivity contribution >= 4 is 26.0 Å². The zero-order chi connectivity index (χ0) is 13.6. The van der Waals surface area contributed by atoms with Crippen LogP contribution in [0.25, 0.3) is 0 Å². The van der Waals surface area contributed by atoms with Crippen molar-refractivity contribution in [2.75, 3.05) is 0 Å². The third-order valence-corrected chi connectivity index (χ3v) is 6.27. The molecule has 2 saturated heterocycles. The van der Waals surface area contributed by atoms with E-state index in [9.17, 15) is 8.42 Å². The lowest BCUT2D eigenvalue weighted by molar-refractivity contribution is 0.0996. The van der Waals surface area contributed by atoms with Crippen molar-refractivity contribution in [2.45, 2.75) is 49.3 Å². The lowest BCUT2D eigenvalue weighted by atomic mass is 9.96. The van der Waals surface area contributed by atoms with Crippen molar-refractivity contribution < 1.29 is 13.2 Å². The van der Waals surface area contributed by atoms with E-state index in [1.807, 2.05) is 13.0 Å². The fraction of sp³-hybridized carbons (Fsp3) is 0.538. The lowest BCUT2D eigenvalue weighted by Gasteiger charge is -2.20. The number of hydrogen-bond donors (Lipinski definition) is 1. The Kier molecular flexibility index (Phi) is 3.45. The quantitative estimate of drug-likeness (QED) is 0.914. The summed E-state index contributed by atoms with van der Waals surface area (Å²) in [5.41, 5.74) is 0.924. The van der Waals surface area contributed by atoms with E-state index in [0.29, 0.717) is 9.37 Å². The standard InChI is InChI=1S/C13H16BrNO3S/c1-8-2-4-10(14)13(6-8)19(16,17)15-11-7-9-3-5-12(11)18-9/h2,4,6,9,11-12,15H,3,5,7H2,1H3. The largest absolute Gasteiger partial charge is 0.373 e. The molecule has 0 spiro atoms. The van der Waals surface area contributed by atoms with Gasteiger partial charge in [0, 0.05) is 4.47 Å². The topological polar surface area (TPSA) is 55.4 Å². The maximum Gasteiger partial charge on any atom is 0.242 e. The molecule has 1 aromatic carbocycles. The van der Waals surface area contributed by atoms with Gasteiger partial charge in [-0.25, -0.2) is 13.1 Å². The van der Waals surface area contributed by atoms with Gasteiger partial charge in [0.25, 0.3) is 0 Å². The fourth-order valence-electron chi connectivity index (χ4n) is 2.84. The first-order valence-electron chi connectivity index (χ1n) is 6.40. The molecule has 4 nitrogen and oxygen atoms in total. The summed E-state index contributed by atoms with van der Waals surface area (Å²) in [5.74, 6) is 0. The van der Waals surface area contributed by atoms with E-state index in [2.05, 4.69) is 20.7 Å². The van der Waals surface area contributed by atoms with Crippen molar-refractivity contribution in [3.8, 4) is 0 Å². The van der Waals surface area contributed by atoms with Gasteiger partial charge in [-0.15, -0.1) is 0 Å². The van der Waals surface area contributed by atoms with E-state index in [1.54, 1.807) is 12.1 Å². The fourth-order valence-corrected chi connectivity index (χ4v) is 5.17. The first-order valence-corrected chi connectivity index (χ1v) is 8.67. The molecule has 0 saturated carbocycles. The van der Waals surface area contributed by atoms with Gasteiger partial charge in [-0.1, -0.05) is 6.07 Å². The molecule has 19 heavy (non-hydrogen) atoms. The van der Waals surface area contributed by atoms with Crippen molar-refractivity contribution in [2.24, 2.45) is 0 Å². The lowest BCUT2D eigenvalue weighted by Crippen LogP contribution is -2.41. The minimum atomic E-state index is -3.50. The number of ether oxygens (including phenoxy) is 1. The maximum absolute atomic E-state index is 12.4. The van der Waals surface area contributed by atoms with Crippen LogP contribution in [-0.2, 0) is 14.8 Å². The second-order valence-corrected chi connectivity index (χ2v) is 7.81. The Morgan fingerprint density at radius 1 is 1.37 bits per heavy atom.